The van der Waals surface area contributed by atoms with E-state index in [4.69, 9.17) is 11.6 Å². The molecule has 130 valence electrons. The average Bonchev–Trinajstić information content (AvgIpc) is 2.93. The van der Waals surface area contributed by atoms with E-state index in [0.717, 1.165) is 0 Å². The molecule has 2 heterocycles. The Hall–Kier alpha value is -1.12. The Kier molecular flexibility index (Phi) is 4.90. The summed E-state index contributed by atoms with van der Waals surface area (Å²) < 4.78 is 37.3. The van der Waals surface area contributed by atoms with E-state index in [1.165, 1.54) is 30.0 Å². The van der Waals surface area contributed by atoms with Crippen LogP contribution >= 0.6 is 23.4 Å². The molecule has 0 radical (unpaired) electrons. The first-order valence-electron chi connectivity index (χ1n) is 7.53. The summed E-state index contributed by atoms with van der Waals surface area (Å²) in [7, 11) is -3.14. The second-order valence-corrected chi connectivity index (χ2v) is 9.57. The number of anilines is 1. The van der Waals surface area contributed by atoms with Gasteiger partial charge < -0.3 is 4.90 Å². The lowest BCUT2D eigenvalue weighted by molar-refractivity contribution is -0.117. The fraction of sp³-hybridized carbons (Fsp3) is 0.467. The predicted molar refractivity (Wildman–Crippen MR) is 95.1 cm³/mol. The third-order valence-corrected chi connectivity index (χ3v) is 7.43. The van der Waals surface area contributed by atoms with Crippen LogP contribution < -0.4 is 4.90 Å². The van der Waals surface area contributed by atoms with Crippen molar-refractivity contribution in [2.75, 3.05) is 16.4 Å². The van der Waals surface area contributed by atoms with Gasteiger partial charge in [-0.25, -0.2) is 12.8 Å². The zero-order valence-corrected chi connectivity index (χ0v) is 15.3. The van der Waals surface area contributed by atoms with Crippen molar-refractivity contribution in [1.82, 2.24) is 0 Å². The third kappa shape index (κ3) is 3.45. The number of fused-ring (bicyclic) bond motifs is 1. The van der Waals surface area contributed by atoms with Gasteiger partial charge in [-0.2, -0.15) is 4.99 Å². The molecule has 1 aromatic carbocycles. The predicted octanol–water partition coefficient (Wildman–Crippen LogP) is 2.88. The first kappa shape index (κ1) is 17.7. The maximum Gasteiger partial charge on any atom is 0.248 e. The van der Waals surface area contributed by atoms with Crippen molar-refractivity contribution in [2.24, 2.45) is 4.99 Å². The van der Waals surface area contributed by atoms with Crippen molar-refractivity contribution in [3.8, 4) is 0 Å². The molecule has 2 atom stereocenters. The summed E-state index contributed by atoms with van der Waals surface area (Å²) in [6.07, 6.45) is 1.01. The highest BCUT2D eigenvalue weighted by molar-refractivity contribution is 8.16. The zero-order chi connectivity index (χ0) is 17.5. The molecule has 0 saturated carbocycles. The molecule has 24 heavy (non-hydrogen) atoms. The smallest absolute Gasteiger partial charge is 0.248 e. The van der Waals surface area contributed by atoms with Crippen molar-refractivity contribution in [3.05, 3.63) is 29.0 Å². The summed E-state index contributed by atoms with van der Waals surface area (Å²) in [5, 5.41) is 0.217. The van der Waals surface area contributed by atoms with Gasteiger partial charge in [0.25, 0.3) is 0 Å². The van der Waals surface area contributed by atoms with E-state index in [1.54, 1.807) is 4.90 Å². The van der Waals surface area contributed by atoms with Gasteiger partial charge in [0, 0.05) is 17.4 Å². The Labute approximate surface area is 149 Å². The Morgan fingerprint density at radius 2 is 2.21 bits per heavy atom. The molecule has 0 aliphatic carbocycles. The van der Waals surface area contributed by atoms with Crippen LogP contribution in [-0.2, 0) is 14.6 Å². The molecule has 0 spiro atoms. The number of sulfone groups is 1. The molecule has 2 aliphatic rings. The molecule has 5 nitrogen and oxygen atoms in total. The van der Waals surface area contributed by atoms with E-state index >= 15 is 0 Å². The number of halogens is 2. The number of nitrogens with zero attached hydrogens (tertiary/aromatic N) is 2. The minimum absolute atomic E-state index is 0.0132. The number of carbonyl (C=O) groups excluding carboxylic acids is 1. The number of rotatable bonds is 3. The monoisotopic (exact) mass is 390 g/mol. The number of hydrogen-bond acceptors (Lipinski definition) is 4. The first-order chi connectivity index (χ1) is 11.3. The molecular formula is C15H16ClFN2O3S2. The topological polar surface area (TPSA) is 66.8 Å². The molecule has 2 saturated heterocycles. The Bertz CT molecular complexity index is 813. The van der Waals surface area contributed by atoms with Crippen LogP contribution in [0.25, 0.3) is 0 Å². The van der Waals surface area contributed by atoms with Gasteiger partial charge in [-0.3, -0.25) is 4.79 Å². The van der Waals surface area contributed by atoms with Crippen LogP contribution in [0, 0.1) is 5.82 Å². The quantitative estimate of drug-likeness (QED) is 0.793. The normalized spacial score (nSPS) is 26.8. The van der Waals surface area contributed by atoms with Crippen LogP contribution in [-0.4, -0.2) is 42.3 Å². The number of benzene rings is 1. The van der Waals surface area contributed by atoms with Crippen molar-refractivity contribution in [2.45, 2.75) is 31.1 Å². The summed E-state index contributed by atoms with van der Waals surface area (Å²) in [5.74, 6) is -0.764. The summed E-state index contributed by atoms with van der Waals surface area (Å²) >= 11 is 7.15. The number of amidine groups is 1. The highest BCUT2D eigenvalue weighted by atomic mass is 35.5. The molecular weight excluding hydrogens is 375 g/mol. The van der Waals surface area contributed by atoms with Gasteiger partial charge in [0.2, 0.25) is 5.91 Å². The van der Waals surface area contributed by atoms with Crippen molar-refractivity contribution >= 4 is 50.0 Å². The lowest BCUT2D eigenvalue weighted by Crippen LogP contribution is -2.37. The molecule has 0 N–H and O–H groups in total. The fourth-order valence-corrected chi connectivity index (χ4v) is 6.98. The van der Waals surface area contributed by atoms with E-state index in [0.29, 0.717) is 23.7 Å². The summed E-state index contributed by atoms with van der Waals surface area (Å²) in [4.78, 5) is 17.8. The van der Waals surface area contributed by atoms with Crippen LogP contribution in [0.3, 0.4) is 0 Å². The van der Waals surface area contributed by atoms with Crippen molar-refractivity contribution in [3.63, 3.8) is 0 Å². The van der Waals surface area contributed by atoms with E-state index in [2.05, 4.69) is 4.99 Å². The van der Waals surface area contributed by atoms with Gasteiger partial charge >= 0.3 is 0 Å². The lowest BCUT2D eigenvalue weighted by Gasteiger charge is -2.24. The number of thioether (sulfide) groups is 1. The van der Waals surface area contributed by atoms with Gasteiger partial charge in [-0.1, -0.05) is 30.3 Å². The molecule has 1 amide bonds. The third-order valence-electron chi connectivity index (χ3n) is 3.93. The molecule has 3 rings (SSSR count). The molecule has 9 heteroatoms. The van der Waals surface area contributed by atoms with E-state index in [-0.39, 0.29) is 33.7 Å². The molecule has 2 aliphatic heterocycles. The summed E-state index contributed by atoms with van der Waals surface area (Å²) in [6.45, 7) is 1.89. The number of hydrogen-bond donors (Lipinski definition) is 0. The van der Waals surface area contributed by atoms with E-state index in [1.807, 2.05) is 6.92 Å². The number of aliphatic imine (C=N–C) groups is 1. The highest BCUT2D eigenvalue weighted by Gasteiger charge is 2.49. The van der Waals surface area contributed by atoms with Gasteiger partial charge in [-0.05, 0) is 24.6 Å². The average molecular weight is 391 g/mol. The van der Waals surface area contributed by atoms with Crippen molar-refractivity contribution in [1.29, 1.82) is 0 Å². The molecule has 0 bridgehead atoms. The Balaban J connectivity index is 2.01. The van der Waals surface area contributed by atoms with Gasteiger partial charge in [0.1, 0.15) is 5.82 Å². The molecule has 1 aromatic rings. The fourth-order valence-electron chi connectivity index (χ4n) is 2.88. The minimum atomic E-state index is -3.14. The van der Waals surface area contributed by atoms with Gasteiger partial charge in [0.05, 0.1) is 22.6 Å². The first-order valence-corrected chi connectivity index (χ1v) is 10.6. The minimum Gasteiger partial charge on any atom is -0.316 e. The van der Waals surface area contributed by atoms with Crippen LogP contribution in [0.5, 0.6) is 0 Å². The van der Waals surface area contributed by atoms with E-state index in [9.17, 15) is 17.6 Å². The summed E-state index contributed by atoms with van der Waals surface area (Å²) in [6, 6.07) is 3.86. The summed E-state index contributed by atoms with van der Waals surface area (Å²) in [5.41, 5.74) is 0.543. The van der Waals surface area contributed by atoms with Crippen molar-refractivity contribution < 1.29 is 17.6 Å². The number of amides is 1. The van der Waals surface area contributed by atoms with Crippen LogP contribution in [0.1, 0.15) is 19.8 Å². The maximum absolute atomic E-state index is 13.4. The number of carbonyl (C=O) groups is 1. The van der Waals surface area contributed by atoms with Gasteiger partial charge in [0.15, 0.2) is 15.0 Å². The van der Waals surface area contributed by atoms with Crippen LogP contribution in [0.4, 0.5) is 10.1 Å². The SMILES string of the molecule is CCCC(=O)N=C1S[C@H]2CS(=O)(=O)C[C@H]2N1c1ccc(F)c(Cl)c1. The Morgan fingerprint density at radius 3 is 2.88 bits per heavy atom. The lowest BCUT2D eigenvalue weighted by atomic mass is 10.2. The Morgan fingerprint density at radius 1 is 1.46 bits per heavy atom. The molecule has 0 aromatic heterocycles. The second kappa shape index (κ2) is 6.65. The zero-order valence-electron chi connectivity index (χ0n) is 12.9. The van der Waals surface area contributed by atoms with Crippen LogP contribution in [0.2, 0.25) is 5.02 Å². The maximum atomic E-state index is 13.4. The van der Waals surface area contributed by atoms with E-state index < -0.39 is 15.7 Å². The second-order valence-electron chi connectivity index (χ2n) is 5.81. The largest absolute Gasteiger partial charge is 0.316 e. The van der Waals surface area contributed by atoms with Gasteiger partial charge in [-0.15, -0.1) is 0 Å². The highest BCUT2D eigenvalue weighted by Crippen LogP contribution is 2.41. The van der Waals surface area contributed by atoms with Crippen LogP contribution in [0.15, 0.2) is 23.2 Å². The molecule has 2 fully saturated rings. The molecule has 0 unspecified atom stereocenters. The standard InChI is InChI=1S/C15H16ClFN2O3S2/c1-2-3-14(20)18-15-19(9-4-5-11(17)10(16)6-9)12-7-24(21,22)8-13(12)23-15/h4-6,12-13H,2-3,7-8H2,1H3/t12-,13+/m1/s1.